The molecule has 1 unspecified atom stereocenters. The van der Waals surface area contributed by atoms with Gasteiger partial charge in [-0.15, -0.1) is 0 Å². The number of carbonyl (C=O) groups excluding carboxylic acids is 1. The largest absolute Gasteiger partial charge is 0.481 e. The van der Waals surface area contributed by atoms with Crippen LogP contribution in [0.1, 0.15) is 32.1 Å². The molecule has 1 aromatic carbocycles. The SMILES string of the molecule is O=C(O)CCCCCC(C(=O)O)C(=O)Nc1ccc2ncccc2c1. The molecule has 25 heavy (non-hydrogen) atoms. The van der Waals surface area contributed by atoms with Crippen molar-refractivity contribution in [3.05, 3.63) is 36.5 Å². The van der Waals surface area contributed by atoms with E-state index in [0.717, 1.165) is 10.9 Å². The third-order valence-electron chi connectivity index (χ3n) is 3.87. The predicted molar refractivity (Wildman–Crippen MR) is 92.2 cm³/mol. The zero-order chi connectivity index (χ0) is 18.2. The fraction of sp³-hybridized carbons (Fsp3) is 0.333. The molecular weight excluding hydrogens is 324 g/mol. The van der Waals surface area contributed by atoms with Gasteiger partial charge in [0.05, 0.1) is 5.52 Å². The van der Waals surface area contributed by atoms with E-state index in [1.807, 2.05) is 6.07 Å². The number of fused-ring (bicyclic) bond motifs is 1. The molecule has 0 saturated heterocycles. The number of unbranched alkanes of at least 4 members (excludes halogenated alkanes) is 2. The summed E-state index contributed by atoms with van der Waals surface area (Å²) in [6, 6.07) is 8.82. The quantitative estimate of drug-likeness (QED) is 0.476. The van der Waals surface area contributed by atoms with Gasteiger partial charge in [0.25, 0.3) is 0 Å². The number of anilines is 1. The number of carbonyl (C=O) groups is 3. The summed E-state index contributed by atoms with van der Waals surface area (Å²) in [5.41, 5.74) is 1.30. The molecule has 0 radical (unpaired) electrons. The Morgan fingerprint density at radius 2 is 1.88 bits per heavy atom. The van der Waals surface area contributed by atoms with E-state index in [9.17, 15) is 19.5 Å². The standard InChI is InChI=1S/C18H20N2O5/c21-16(22)7-3-1-2-6-14(18(24)25)17(23)20-13-8-9-15-12(11-13)5-4-10-19-15/h4-5,8-11,14H,1-3,6-7H2,(H,20,23)(H,21,22)(H,24,25). The van der Waals surface area contributed by atoms with Gasteiger partial charge in [-0.2, -0.15) is 0 Å². The molecule has 1 heterocycles. The van der Waals surface area contributed by atoms with E-state index in [0.29, 0.717) is 24.9 Å². The van der Waals surface area contributed by atoms with Crippen LogP contribution in [0.2, 0.25) is 0 Å². The van der Waals surface area contributed by atoms with Gasteiger partial charge in [0, 0.05) is 23.7 Å². The maximum atomic E-state index is 12.3. The third kappa shape index (κ3) is 5.56. The molecular formula is C18H20N2O5. The van der Waals surface area contributed by atoms with Crippen molar-refractivity contribution in [3.63, 3.8) is 0 Å². The first kappa shape index (κ1) is 18.4. The van der Waals surface area contributed by atoms with E-state index in [1.165, 1.54) is 0 Å². The van der Waals surface area contributed by atoms with Crippen LogP contribution < -0.4 is 5.32 Å². The summed E-state index contributed by atoms with van der Waals surface area (Å²) in [5.74, 6) is -3.79. The van der Waals surface area contributed by atoms with E-state index in [4.69, 9.17) is 5.11 Å². The lowest BCUT2D eigenvalue weighted by atomic mass is 9.99. The number of rotatable bonds is 9. The lowest BCUT2D eigenvalue weighted by Crippen LogP contribution is -2.29. The van der Waals surface area contributed by atoms with Gasteiger partial charge in [-0.3, -0.25) is 19.4 Å². The van der Waals surface area contributed by atoms with Crippen LogP contribution >= 0.6 is 0 Å². The first-order valence-corrected chi connectivity index (χ1v) is 8.07. The van der Waals surface area contributed by atoms with E-state index in [-0.39, 0.29) is 12.8 Å². The maximum Gasteiger partial charge on any atom is 0.316 e. The normalized spacial score (nSPS) is 11.8. The van der Waals surface area contributed by atoms with Crippen LogP contribution in [0.25, 0.3) is 10.9 Å². The second-order valence-electron chi connectivity index (χ2n) is 5.78. The van der Waals surface area contributed by atoms with Gasteiger partial charge in [-0.1, -0.05) is 18.9 Å². The number of carboxylic acid groups (broad SMARTS) is 2. The predicted octanol–water partition coefficient (Wildman–Crippen LogP) is 2.91. The molecule has 0 aliphatic rings. The van der Waals surface area contributed by atoms with Crippen LogP contribution in [0.4, 0.5) is 5.69 Å². The molecule has 0 bridgehead atoms. The summed E-state index contributed by atoms with van der Waals surface area (Å²) in [6.07, 6.45) is 3.43. The molecule has 7 nitrogen and oxygen atoms in total. The first-order chi connectivity index (χ1) is 12.0. The maximum absolute atomic E-state index is 12.3. The highest BCUT2D eigenvalue weighted by Gasteiger charge is 2.25. The second kappa shape index (κ2) is 8.77. The van der Waals surface area contributed by atoms with Crippen molar-refractivity contribution in [1.29, 1.82) is 0 Å². The van der Waals surface area contributed by atoms with Crippen molar-refractivity contribution in [2.24, 2.45) is 5.92 Å². The molecule has 0 aliphatic heterocycles. The highest BCUT2D eigenvalue weighted by Crippen LogP contribution is 2.19. The molecule has 3 N–H and O–H groups in total. The van der Waals surface area contributed by atoms with Gasteiger partial charge in [0.1, 0.15) is 5.92 Å². The summed E-state index contributed by atoms with van der Waals surface area (Å²) in [6.45, 7) is 0. The topological polar surface area (TPSA) is 117 Å². The number of amides is 1. The van der Waals surface area contributed by atoms with Gasteiger partial charge in [-0.25, -0.2) is 0 Å². The fourth-order valence-electron chi connectivity index (χ4n) is 2.55. The summed E-state index contributed by atoms with van der Waals surface area (Å²) in [7, 11) is 0. The number of aromatic nitrogens is 1. The average molecular weight is 344 g/mol. The van der Waals surface area contributed by atoms with Crippen LogP contribution in [-0.2, 0) is 14.4 Å². The Labute approximate surface area is 144 Å². The Kier molecular flexibility index (Phi) is 6.45. The molecule has 7 heteroatoms. The molecule has 1 aromatic heterocycles. The molecule has 0 fully saturated rings. The van der Waals surface area contributed by atoms with Crippen molar-refractivity contribution >= 4 is 34.4 Å². The molecule has 132 valence electrons. The fourth-order valence-corrected chi connectivity index (χ4v) is 2.55. The van der Waals surface area contributed by atoms with Crippen molar-refractivity contribution in [2.45, 2.75) is 32.1 Å². The van der Waals surface area contributed by atoms with Crippen molar-refractivity contribution in [3.8, 4) is 0 Å². The summed E-state index contributed by atoms with van der Waals surface area (Å²) < 4.78 is 0. The van der Waals surface area contributed by atoms with Gasteiger partial charge < -0.3 is 15.5 Å². The van der Waals surface area contributed by atoms with Crippen LogP contribution in [0.3, 0.4) is 0 Å². The van der Waals surface area contributed by atoms with Crippen molar-refractivity contribution in [1.82, 2.24) is 4.98 Å². The molecule has 1 amide bonds. The van der Waals surface area contributed by atoms with Crippen LogP contribution in [0.5, 0.6) is 0 Å². The number of nitrogens with zero attached hydrogens (tertiary/aromatic N) is 1. The highest BCUT2D eigenvalue weighted by atomic mass is 16.4. The molecule has 1 atom stereocenters. The van der Waals surface area contributed by atoms with E-state index in [1.54, 1.807) is 30.5 Å². The Morgan fingerprint density at radius 1 is 1.08 bits per heavy atom. The molecule has 0 aliphatic carbocycles. The van der Waals surface area contributed by atoms with Gasteiger partial charge in [-0.05, 0) is 37.1 Å². The highest BCUT2D eigenvalue weighted by molar-refractivity contribution is 6.04. The van der Waals surface area contributed by atoms with Crippen LogP contribution in [0.15, 0.2) is 36.5 Å². The Bertz CT molecular complexity index is 775. The van der Waals surface area contributed by atoms with Crippen molar-refractivity contribution in [2.75, 3.05) is 5.32 Å². The lowest BCUT2D eigenvalue weighted by molar-refractivity contribution is -0.146. The minimum atomic E-state index is -1.18. The van der Waals surface area contributed by atoms with Gasteiger partial charge >= 0.3 is 11.9 Å². The number of benzene rings is 1. The van der Waals surface area contributed by atoms with E-state index in [2.05, 4.69) is 10.3 Å². The van der Waals surface area contributed by atoms with E-state index >= 15 is 0 Å². The van der Waals surface area contributed by atoms with Crippen molar-refractivity contribution < 1.29 is 24.6 Å². The minimum Gasteiger partial charge on any atom is -0.481 e. The average Bonchev–Trinajstić information content (AvgIpc) is 2.57. The number of carboxylic acids is 2. The van der Waals surface area contributed by atoms with E-state index < -0.39 is 23.8 Å². The lowest BCUT2D eigenvalue weighted by Gasteiger charge is -2.13. The molecule has 2 rings (SSSR count). The number of hydrogen-bond acceptors (Lipinski definition) is 4. The minimum absolute atomic E-state index is 0.0507. The number of nitrogens with one attached hydrogen (secondary N) is 1. The molecule has 0 saturated carbocycles. The Morgan fingerprint density at radius 3 is 2.60 bits per heavy atom. The second-order valence-corrected chi connectivity index (χ2v) is 5.78. The number of pyridine rings is 1. The van der Waals surface area contributed by atoms with Gasteiger partial charge in [0.2, 0.25) is 5.91 Å². The Hall–Kier alpha value is -2.96. The molecule has 0 spiro atoms. The monoisotopic (exact) mass is 344 g/mol. The number of aliphatic carboxylic acids is 2. The molecule has 2 aromatic rings. The summed E-state index contributed by atoms with van der Waals surface area (Å²) in [4.78, 5) is 38.2. The third-order valence-corrected chi connectivity index (χ3v) is 3.87. The zero-order valence-corrected chi connectivity index (χ0v) is 13.6. The van der Waals surface area contributed by atoms with Crippen LogP contribution in [-0.4, -0.2) is 33.0 Å². The summed E-state index contributed by atoms with van der Waals surface area (Å²) >= 11 is 0. The van der Waals surface area contributed by atoms with Gasteiger partial charge in [0.15, 0.2) is 0 Å². The Balaban J connectivity index is 1.94. The smallest absolute Gasteiger partial charge is 0.316 e. The first-order valence-electron chi connectivity index (χ1n) is 8.07. The summed E-state index contributed by atoms with van der Waals surface area (Å²) in [5, 5.41) is 21.3. The zero-order valence-electron chi connectivity index (χ0n) is 13.6. The van der Waals surface area contributed by atoms with Crippen LogP contribution in [0, 0.1) is 5.92 Å². The number of hydrogen-bond donors (Lipinski definition) is 3.